The first-order valence-electron chi connectivity index (χ1n) is 7.82. The molecule has 0 aliphatic rings. The van der Waals surface area contributed by atoms with Gasteiger partial charge in [-0.25, -0.2) is 4.21 Å². The Kier molecular flexibility index (Phi) is 9.91. The minimum atomic E-state index is -2.03. The van der Waals surface area contributed by atoms with E-state index in [0.717, 1.165) is 18.8 Å². The summed E-state index contributed by atoms with van der Waals surface area (Å²) in [6.45, 7) is 2.97. The van der Waals surface area contributed by atoms with Crippen LogP contribution in [0.2, 0.25) is 0 Å². The van der Waals surface area contributed by atoms with Gasteiger partial charge in [-0.15, -0.1) is 0 Å². The highest BCUT2D eigenvalue weighted by atomic mass is 32.2. The Morgan fingerprint density at radius 1 is 1.00 bits per heavy atom. The highest BCUT2D eigenvalue weighted by molar-refractivity contribution is 7.80. The van der Waals surface area contributed by atoms with Gasteiger partial charge in [-0.2, -0.15) is 0 Å². The molecule has 0 aliphatic carbocycles. The lowest BCUT2D eigenvalue weighted by Crippen LogP contribution is -2.02. The topological polar surface area (TPSA) is 58.6 Å². The van der Waals surface area contributed by atoms with E-state index in [9.17, 15) is 4.21 Å². The van der Waals surface area contributed by atoms with E-state index in [1.807, 2.05) is 0 Å². The quantitative estimate of drug-likeness (QED) is 0.432. The van der Waals surface area contributed by atoms with Crippen LogP contribution in [0, 0.1) is 0 Å². The maximum atomic E-state index is 10.6. The van der Waals surface area contributed by atoms with E-state index >= 15 is 0 Å². The van der Waals surface area contributed by atoms with Crippen molar-refractivity contribution in [3.8, 4) is 5.75 Å². The number of ether oxygens (including phenoxy) is 1. The van der Waals surface area contributed by atoms with Crippen molar-refractivity contribution >= 4 is 17.0 Å². The van der Waals surface area contributed by atoms with Crippen LogP contribution in [0.1, 0.15) is 58.3 Å². The molecule has 0 fully saturated rings. The van der Waals surface area contributed by atoms with Crippen LogP contribution in [-0.4, -0.2) is 15.4 Å². The van der Waals surface area contributed by atoms with Gasteiger partial charge in [0.25, 0.3) is 11.3 Å². The molecule has 0 radical (unpaired) electrons. The Hall–Kier alpha value is -1.07. The SMILES string of the molecule is CCCCCCCCCCOc1ccc(NS(=O)O)cc1. The summed E-state index contributed by atoms with van der Waals surface area (Å²) in [7, 11) is 0. The molecular formula is C16H27NO3S. The zero-order chi connectivity index (χ0) is 15.3. The molecule has 0 spiro atoms. The smallest absolute Gasteiger partial charge is 0.259 e. The molecule has 1 atom stereocenters. The lowest BCUT2D eigenvalue weighted by molar-refractivity contribution is 0.304. The summed E-state index contributed by atoms with van der Waals surface area (Å²) in [5.41, 5.74) is 0.607. The van der Waals surface area contributed by atoms with E-state index in [1.165, 1.54) is 44.9 Å². The Bertz CT molecular complexity index is 395. The predicted octanol–water partition coefficient (Wildman–Crippen LogP) is 4.75. The van der Waals surface area contributed by atoms with Crippen LogP contribution in [0.15, 0.2) is 24.3 Å². The van der Waals surface area contributed by atoms with Crippen LogP contribution < -0.4 is 9.46 Å². The summed E-state index contributed by atoms with van der Waals surface area (Å²) in [5, 5.41) is 0. The van der Waals surface area contributed by atoms with Gasteiger partial charge in [-0.3, -0.25) is 9.27 Å². The third-order valence-corrected chi connectivity index (χ3v) is 3.74. The normalized spacial score (nSPS) is 12.1. The molecule has 120 valence electrons. The zero-order valence-electron chi connectivity index (χ0n) is 12.8. The van der Waals surface area contributed by atoms with E-state index in [4.69, 9.17) is 9.29 Å². The van der Waals surface area contributed by atoms with Crippen LogP contribution >= 0.6 is 0 Å². The van der Waals surface area contributed by atoms with Gasteiger partial charge in [0, 0.05) is 5.69 Å². The lowest BCUT2D eigenvalue weighted by atomic mass is 10.1. The number of hydrogen-bond donors (Lipinski definition) is 2. The largest absolute Gasteiger partial charge is 0.494 e. The second-order valence-corrected chi connectivity index (χ2v) is 5.90. The maximum Gasteiger partial charge on any atom is 0.259 e. The van der Waals surface area contributed by atoms with Crippen molar-refractivity contribution in [3.05, 3.63) is 24.3 Å². The van der Waals surface area contributed by atoms with Crippen LogP contribution in [0.25, 0.3) is 0 Å². The standard InChI is InChI=1S/C16H27NO3S/c1-2-3-4-5-6-7-8-9-14-20-16-12-10-15(11-13-16)17-21(18)19/h10-13,17H,2-9,14H2,1H3,(H,18,19). The fraction of sp³-hybridized carbons (Fsp3) is 0.625. The van der Waals surface area contributed by atoms with Gasteiger partial charge in [0.1, 0.15) is 5.75 Å². The Labute approximate surface area is 130 Å². The summed E-state index contributed by atoms with van der Waals surface area (Å²) >= 11 is -2.03. The second-order valence-electron chi connectivity index (χ2n) is 5.20. The number of rotatable bonds is 12. The summed E-state index contributed by atoms with van der Waals surface area (Å²) in [6.07, 6.45) is 10.3. The van der Waals surface area contributed by atoms with Gasteiger partial charge < -0.3 is 4.74 Å². The van der Waals surface area contributed by atoms with Crippen LogP contribution in [0.3, 0.4) is 0 Å². The molecule has 0 saturated heterocycles. The van der Waals surface area contributed by atoms with Gasteiger partial charge in [-0.1, -0.05) is 51.9 Å². The van der Waals surface area contributed by atoms with E-state index in [0.29, 0.717) is 5.69 Å². The van der Waals surface area contributed by atoms with E-state index in [-0.39, 0.29) is 0 Å². The molecule has 1 unspecified atom stereocenters. The fourth-order valence-corrected chi connectivity index (χ4v) is 2.48. The average Bonchev–Trinajstić information content (AvgIpc) is 2.47. The molecule has 2 N–H and O–H groups in total. The Morgan fingerprint density at radius 2 is 1.57 bits per heavy atom. The van der Waals surface area contributed by atoms with Crippen molar-refractivity contribution in [2.75, 3.05) is 11.3 Å². The number of nitrogens with one attached hydrogen (secondary N) is 1. The second kappa shape index (κ2) is 11.6. The number of benzene rings is 1. The van der Waals surface area contributed by atoms with E-state index in [1.54, 1.807) is 24.3 Å². The Balaban J connectivity index is 2.03. The third kappa shape index (κ3) is 9.47. The summed E-state index contributed by atoms with van der Waals surface area (Å²) in [4.78, 5) is 0. The first-order chi connectivity index (χ1) is 10.2. The fourth-order valence-electron chi connectivity index (χ4n) is 2.15. The molecule has 0 saturated carbocycles. The minimum Gasteiger partial charge on any atom is -0.494 e. The minimum absolute atomic E-state index is 0.607. The molecule has 0 heterocycles. The molecule has 4 nitrogen and oxygen atoms in total. The maximum absolute atomic E-state index is 10.6. The van der Waals surface area contributed by atoms with Crippen molar-refractivity contribution in [3.63, 3.8) is 0 Å². The highest BCUT2D eigenvalue weighted by Gasteiger charge is 1.98. The summed E-state index contributed by atoms with van der Waals surface area (Å²) in [6, 6.07) is 7.08. The average molecular weight is 313 g/mol. The molecular weight excluding hydrogens is 286 g/mol. The number of hydrogen-bond acceptors (Lipinski definition) is 2. The molecule has 5 heteroatoms. The first kappa shape index (κ1) is 18.0. The monoisotopic (exact) mass is 313 g/mol. The zero-order valence-corrected chi connectivity index (χ0v) is 13.7. The van der Waals surface area contributed by atoms with Gasteiger partial charge >= 0.3 is 0 Å². The van der Waals surface area contributed by atoms with Crippen LogP contribution in [0.5, 0.6) is 5.75 Å². The van der Waals surface area contributed by atoms with Crippen LogP contribution in [0.4, 0.5) is 5.69 Å². The van der Waals surface area contributed by atoms with Crippen molar-refractivity contribution in [1.29, 1.82) is 0 Å². The highest BCUT2D eigenvalue weighted by Crippen LogP contribution is 2.16. The van der Waals surface area contributed by atoms with Crippen molar-refractivity contribution in [2.45, 2.75) is 58.3 Å². The van der Waals surface area contributed by atoms with Crippen LogP contribution in [-0.2, 0) is 11.3 Å². The van der Waals surface area contributed by atoms with Gasteiger partial charge in [0.05, 0.1) is 6.61 Å². The number of unbranched alkanes of at least 4 members (excludes halogenated alkanes) is 7. The van der Waals surface area contributed by atoms with Gasteiger partial charge in [-0.05, 0) is 30.7 Å². The van der Waals surface area contributed by atoms with Gasteiger partial charge in [0.15, 0.2) is 0 Å². The molecule has 1 aromatic rings. The predicted molar refractivity (Wildman–Crippen MR) is 88.9 cm³/mol. The van der Waals surface area contributed by atoms with Crippen molar-refractivity contribution < 1.29 is 13.5 Å². The number of anilines is 1. The Morgan fingerprint density at radius 3 is 2.14 bits per heavy atom. The first-order valence-corrected chi connectivity index (χ1v) is 8.93. The molecule has 21 heavy (non-hydrogen) atoms. The lowest BCUT2D eigenvalue weighted by Gasteiger charge is -2.07. The van der Waals surface area contributed by atoms with E-state index < -0.39 is 11.3 Å². The summed E-state index contributed by atoms with van der Waals surface area (Å²) < 4.78 is 27.3. The third-order valence-electron chi connectivity index (χ3n) is 3.33. The van der Waals surface area contributed by atoms with Crippen molar-refractivity contribution in [1.82, 2.24) is 0 Å². The van der Waals surface area contributed by atoms with Crippen molar-refractivity contribution in [2.24, 2.45) is 0 Å². The molecule has 1 rings (SSSR count). The van der Waals surface area contributed by atoms with E-state index in [2.05, 4.69) is 11.6 Å². The molecule has 1 aromatic carbocycles. The summed E-state index contributed by atoms with van der Waals surface area (Å²) in [5.74, 6) is 0.798. The molecule has 0 aromatic heterocycles. The van der Waals surface area contributed by atoms with Gasteiger partial charge in [0.2, 0.25) is 0 Å². The molecule has 0 bridgehead atoms. The molecule has 0 amide bonds. The molecule has 0 aliphatic heterocycles.